The van der Waals surface area contributed by atoms with Crippen LogP contribution in [0.2, 0.25) is 0 Å². The van der Waals surface area contributed by atoms with E-state index >= 15 is 0 Å². The first-order chi connectivity index (χ1) is 12.5. The lowest BCUT2D eigenvalue weighted by Gasteiger charge is -2.35. The molecule has 0 aliphatic carbocycles. The summed E-state index contributed by atoms with van der Waals surface area (Å²) >= 11 is 0. The molecule has 0 atom stereocenters. The second-order valence-corrected chi connectivity index (χ2v) is 6.88. The Hall–Kier alpha value is -2.22. The topological polar surface area (TPSA) is 72.9 Å². The van der Waals surface area contributed by atoms with Gasteiger partial charge in [-0.25, -0.2) is 9.97 Å². The van der Waals surface area contributed by atoms with Gasteiger partial charge in [0.2, 0.25) is 5.91 Å². The highest BCUT2D eigenvalue weighted by atomic mass is 16.2. The molecule has 0 spiro atoms. The van der Waals surface area contributed by atoms with Crippen LogP contribution in [0.1, 0.15) is 30.2 Å². The number of rotatable bonds is 3. The van der Waals surface area contributed by atoms with Gasteiger partial charge in [-0.3, -0.25) is 9.59 Å². The molecule has 8 heteroatoms. The van der Waals surface area contributed by atoms with Gasteiger partial charge in [-0.1, -0.05) is 6.92 Å². The Morgan fingerprint density at radius 3 is 2.15 bits per heavy atom. The van der Waals surface area contributed by atoms with Gasteiger partial charge in [0.15, 0.2) is 0 Å². The van der Waals surface area contributed by atoms with Crippen LogP contribution in [0.5, 0.6) is 0 Å². The molecule has 2 fully saturated rings. The molecular weight excluding hydrogens is 332 g/mol. The number of nitrogens with zero attached hydrogens (tertiary/aromatic N) is 6. The third kappa shape index (κ3) is 4.12. The molecule has 1 aromatic rings. The van der Waals surface area contributed by atoms with Crippen LogP contribution < -0.4 is 4.90 Å². The smallest absolute Gasteiger partial charge is 0.272 e. The summed E-state index contributed by atoms with van der Waals surface area (Å²) in [5.41, 5.74) is 0.446. The standard InChI is InChI=1S/C18H28N6O2/c1-4-21-5-7-23(8-6-21)17-13-16(19-14(2)20-17)18(26)24-11-9-22(10-12-24)15(3)25/h13H,4-12H2,1-3H3. The van der Waals surface area contributed by atoms with E-state index in [-0.39, 0.29) is 11.8 Å². The number of aromatic nitrogens is 2. The lowest BCUT2D eigenvalue weighted by molar-refractivity contribution is -0.130. The summed E-state index contributed by atoms with van der Waals surface area (Å²) < 4.78 is 0. The van der Waals surface area contributed by atoms with E-state index in [1.807, 2.05) is 13.0 Å². The van der Waals surface area contributed by atoms with Gasteiger partial charge >= 0.3 is 0 Å². The first kappa shape index (κ1) is 18.6. The number of hydrogen-bond donors (Lipinski definition) is 0. The van der Waals surface area contributed by atoms with Crippen molar-refractivity contribution in [1.29, 1.82) is 0 Å². The van der Waals surface area contributed by atoms with Crippen molar-refractivity contribution in [3.8, 4) is 0 Å². The first-order valence-corrected chi connectivity index (χ1v) is 9.35. The molecule has 0 radical (unpaired) electrons. The van der Waals surface area contributed by atoms with Crippen molar-refractivity contribution in [3.05, 3.63) is 17.6 Å². The number of carbonyl (C=O) groups excluding carboxylic acids is 2. The average molecular weight is 360 g/mol. The van der Waals surface area contributed by atoms with Crippen molar-refractivity contribution in [3.63, 3.8) is 0 Å². The molecule has 2 amide bonds. The van der Waals surface area contributed by atoms with Crippen LogP contribution >= 0.6 is 0 Å². The van der Waals surface area contributed by atoms with Crippen LogP contribution in [0.3, 0.4) is 0 Å². The van der Waals surface area contributed by atoms with E-state index in [0.29, 0.717) is 37.7 Å². The fourth-order valence-corrected chi connectivity index (χ4v) is 3.50. The number of hydrogen-bond acceptors (Lipinski definition) is 6. The molecular formula is C18H28N6O2. The quantitative estimate of drug-likeness (QED) is 0.768. The number of amides is 2. The summed E-state index contributed by atoms with van der Waals surface area (Å²) in [7, 11) is 0. The van der Waals surface area contributed by atoms with E-state index in [2.05, 4.69) is 26.7 Å². The van der Waals surface area contributed by atoms with E-state index in [0.717, 1.165) is 38.5 Å². The molecule has 142 valence electrons. The summed E-state index contributed by atoms with van der Waals surface area (Å²) in [4.78, 5) is 41.4. The molecule has 3 rings (SSSR count). The third-order valence-electron chi connectivity index (χ3n) is 5.20. The second kappa shape index (κ2) is 7.99. The number of anilines is 1. The number of aryl methyl sites for hydroxylation is 1. The Morgan fingerprint density at radius 1 is 0.962 bits per heavy atom. The van der Waals surface area contributed by atoms with Crippen molar-refractivity contribution in [2.75, 3.05) is 63.8 Å². The highest BCUT2D eigenvalue weighted by Crippen LogP contribution is 2.17. The predicted octanol–water partition coefficient (Wildman–Crippen LogP) is 0.231. The molecule has 8 nitrogen and oxygen atoms in total. The maximum absolute atomic E-state index is 12.9. The molecule has 0 aromatic carbocycles. The van der Waals surface area contributed by atoms with Crippen LogP contribution in [-0.2, 0) is 4.79 Å². The summed E-state index contributed by atoms with van der Waals surface area (Å²) in [6, 6.07) is 1.81. The first-order valence-electron chi connectivity index (χ1n) is 9.35. The molecule has 0 saturated carbocycles. The molecule has 0 unspecified atom stereocenters. The van der Waals surface area contributed by atoms with Gasteiger partial charge < -0.3 is 19.6 Å². The van der Waals surface area contributed by atoms with Gasteiger partial charge in [-0.2, -0.15) is 0 Å². The zero-order chi connectivity index (χ0) is 18.7. The number of likely N-dealkylation sites (N-methyl/N-ethyl adjacent to an activating group) is 1. The molecule has 1 aromatic heterocycles. The van der Waals surface area contributed by atoms with Gasteiger partial charge in [-0.15, -0.1) is 0 Å². The molecule has 26 heavy (non-hydrogen) atoms. The zero-order valence-electron chi connectivity index (χ0n) is 15.9. The van der Waals surface area contributed by atoms with Gasteiger partial charge in [0.05, 0.1) is 0 Å². The largest absolute Gasteiger partial charge is 0.354 e. The molecule has 2 saturated heterocycles. The van der Waals surface area contributed by atoms with Crippen molar-refractivity contribution in [1.82, 2.24) is 24.7 Å². The summed E-state index contributed by atoms with van der Waals surface area (Å²) in [5, 5.41) is 0. The zero-order valence-corrected chi connectivity index (χ0v) is 15.9. The van der Waals surface area contributed by atoms with E-state index < -0.39 is 0 Å². The minimum Gasteiger partial charge on any atom is -0.354 e. The van der Waals surface area contributed by atoms with Crippen LogP contribution in [0.15, 0.2) is 6.07 Å². The fraction of sp³-hybridized carbons (Fsp3) is 0.667. The van der Waals surface area contributed by atoms with Crippen LogP contribution in [0, 0.1) is 6.92 Å². The molecule has 0 N–H and O–H groups in total. The average Bonchev–Trinajstić information content (AvgIpc) is 2.67. The summed E-state index contributed by atoms with van der Waals surface area (Å²) in [6.07, 6.45) is 0. The monoisotopic (exact) mass is 360 g/mol. The van der Waals surface area contributed by atoms with E-state index in [1.54, 1.807) is 16.7 Å². The van der Waals surface area contributed by atoms with E-state index in [9.17, 15) is 9.59 Å². The number of carbonyl (C=O) groups is 2. The molecule has 2 aliphatic heterocycles. The van der Waals surface area contributed by atoms with Crippen molar-refractivity contribution >= 4 is 17.6 Å². The van der Waals surface area contributed by atoms with Crippen molar-refractivity contribution in [2.45, 2.75) is 20.8 Å². The Labute approximate surface area is 154 Å². The Bertz CT molecular complexity index is 664. The molecule has 2 aliphatic rings. The summed E-state index contributed by atoms with van der Waals surface area (Å²) in [5.74, 6) is 1.43. The lowest BCUT2D eigenvalue weighted by atomic mass is 10.2. The van der Waals surface area contributed by atoms with Gasteiger partial charge in [0.1, 0.15) is 17.3 Å². The summed E-state index contributed by atoms with van der Waals surface area (Å²) in [6.45, 7) is 12.7. The SMILES string of the molecule is CCN1CCN(c2cc(C(=O)N3CCN(C(C)=O)CC3)nc(C)n2)CC1. The van der Waals surface area contributed by atoms with Gasteiger partial charge in [-0.05, 0) is 13.5 Å². The van der Waals surface area contributed by atoms with Crippen molar-refractivity contribution in [2.24, 2.45) is 0 Å². The van der Waals surface area contributed by atoms with Gasteiger partial charge in [0, 0.05) is 65.3 Å². The molecule has 0 bridgehead atoms. The highest BCUT2D eigenvalue weighted by molar-refractivity contribution is 5.93. The Kier molecular flexibility index (Phi) is 5.70. The van der Waals surface area contributed by atoms with E-state index in [4.69, 9.17) is 0 Å². The van der Waals surface area contributed by atoms with Crippen LogP contribution in [0.25, 0.3) is 0 Å². The second-order valence-electron chi connectivity index (χ2n) is 6.88. The normalized spacial score (nSPS) is 19.0. The highest BCUT2D eigenvalue weighted by Gasteiger charge is 2.25. The minimum atomic E-state index is -0.0767. The third-order valence-corrected chi connectivity index (χ3v) is 5.20. The lowest BCUT2D eigenvalue weighted by Crippen LogP contribution is -2.50. The Balaban J connectivity index is 1.69. The predicted molar refractivity (Wildman–Crippen MR) is 99.3 cm³/mol. The van der Waals surface area contributed by atoms with E-state index in [1.165, 1.54) is 0 Å². The van der Waals surface area contributed by atoms with Crippen molar-refractivity contribution < 1.29 is 9.59 Å². The Morgan fingerprint density at radius 2 is 1.58 bits per heavy atom. The minimum absolute atomic E-state index is 0.0588. The fourth-order valence-electron chi connectivity index (χ4n) is 3.50. The van der Waals surface area contributed by atoms with Crippen LogP contribution in [-0.4, -0.2) is 95.4 Å². The van der Waals surface area contributed by atoms with Gasteiger partial charge in [0.25, 0.3) is 5.91 Å². The number of piperazine rings is 2. The van der Waals surface area contributed by atoms with Crippen LogP contribution in [0.4, 0.5) is 5.82 Å². The maximum atomic E-state index is 12.9. The molecule has 3 heterocycles. The maximum Gasteiger partial charge on any atom is 0.272 e.